The molecule has 2 heterocycles. The molecule has 0 unspecified atom stereocenters. The zero-order chi connectivity index (χ0) is 18.6. The van der Waals surface area contributed by atoms with Gasteiger partial charge in [-0.3, -0.25) is 0 Å². The largest absolute Gasteiger partial charge is 1.00 e. The Hall–Kier alpha value is -2.18. The summed E-state index contributed by atoms with van der Waals surface area (Å²) in [7, 11) is 0. The van der Waals surface area contributed by atoms with Crippen molar-refractivity contribution in [3.63, 3.8) is 0 Å². The van der Waals surface area contributed by atoms with Gasteiger partial charge in [-0.05, 0) is 36.8 Å². The van der Waals surface area contributed by atoms with Gasteiger partial charge in [0.25, 0.3) is 0 Å². The summed E-state index contributed by atoms with van der Waals surface area (Å²) in [6.07, 6.45) is 7.37. The highest BCUT2D eigenvalue weighted by atomic mass is 127. The number of anilines is 1. The van der Waals surface area contributed by atoms with Gasteiger partial charge in [-0.1, -0.05) is 36.4 Å². The van der Waals surface area contributed by atoms with E-state index in [1.54, 1.807) is 0 Å². The molecular weight excluding hydrogens is 459 g/mol. The molecule has 0 saturated heterocycles. The average Bonchev–Trinajstić information content (AvgIpc) is 2.72. The Bertz CT molecular complexity index is 1030. The first-order valence-electron chi connectivity index (χ1n) is 9.60. The second kappa shape index (κ2) is 9.34. The highest BCUT2D eigenvalue weighted by Gasteiger charge is 2.19. The van der Waals surface area contributed by atoms with Crippen molar-refractivity contribution in [2.45, 2.75) is 19.9 Å². The first-order chi connectivity index (χ1) is 13.3. The number of para-hydroxylation sites is 2. The van der Waals surface area contributed by atoms with E-state index >= 15 is 0 Å². The number of fused-ring (bicyclic) bond motifs is 2. The number of likely N-dealkylation sites (N-methyl/N-ethyl adjacent to an activating group) is 1. The number of nitrogens with zero attached hydrogens (tertiary/aromatic N) is 2. The summed E-state index contributed by atoms with van der Waals surface area (Å²) in [4.78, 5) is 2.35. The smallest absolute Gasteiger partial charge is 0.212 e. The first kappa shape index (κ1) is 20.6. The molecule has 4 rings (SSSR count). The van der Waals surface area contributed by atoms with Crippen LogP contribution in [0.4, 0.5) is 5.69 Å². The third kappa shape index (κ3) is 3.98. The molecule has 0 spiro atoms. The molecule has 28 heavy (non-hydrogen) atoms. The number of aliphatic hydroxyl groups is 1. The van der Waals surface area contributed by atoms with E-state index < -0.39 is 0 Å². The van der Waals surface area contributed by atoms with Crippen LogP contribution in [0.5, 0.6) is 0 Å². The molecule has 0 fully saturated rings. The van der Waals surface area contributed by atoms with Crippen molar-refractivity contribution in [1.29, 1.82) is 0 Å². The van der Waals surface area contributed by atoms with Crippen molar-refractivity contribution >= 4 is 28.7 Å². The van der Waals surface area contributed by atoms with Crippen molar-refractivity contribution in [2.24, 2.45) is 0 Å². The van der Waals surface area contributed by atoms with Gasteiger partial charge in [-0.2, -0.15) is 4.57 Å². The Morgan fingerprint density at radius 2 is 1.75 bits per heavy atom. The Labute approximate surface area is 183 Å². The van der Waals surface area contributed by atoms with E-state index in [9.17, 15) is 5.11 Å². The zero-order valence-electron chi connectivity index (χ0n) is 16.1. The minimum atomic E-state index is 0. The van der Waals surface area contributed by atoms with Crippen LogP contribution in [0.3, 0.4) is 0 Å². The summed E-state index contributed by atoms with van der Waals surface area (Å²) in [5.41, 5.74) is 6.03. The third-order valence-corrected chi connectivity index (χ3v) is 5.10. The molecule has 1 N–H and O–H groups in total. The maximum atomic E-state index is 9.35. The van der Waals surface area contributed by atoms with Gasteiger partial charge in [-0.25, -0.2) is 0 Å². The number of pyridine rings is 1. The monoisotopic (exact) mass is 484 g/mol. The predicted molar refractivity (Wildman–Crippen MR) is 112 cm³/mol. The van der Waals surface area contributed by atoms with E-state index in [1.807, 2.05) is 0 Å². The van der Waals surface area contributed by atoms with Crippen LogP contribution in [0.2, 0.25) is 0 Å². The molecule has 3 nitrogen and oxygen atoms in total. The lowest BCUT2D eigenvalue weighted by molar-refractivity contribution is -0.673. The molecular formula is C24H25IN2O. The summed E-state index contributed by atoms with van der Waals surface area (Å²) in [6.45, 7) is 4.09. The maximum Gasteiger partial charge on any atom is 0.212 e. The number of allylic oxidation sites excluding steroid dienone is 1. The normalized spacial score (nSPS) is 14.2. The molecule has 0 aliphatic carbocycles. The summed E-state index contributed by atoms with van der Waals surface area (Å²) in [5.74, 6) is 0. The fourth-order valence-corrected chi connectivity index (χ4v) is 3.79. The lowest BCUT2D eigenvalue weighted by atomic mass is 10.0. The predicted octanol–water partition coefficient (Wildman–Crippen LogP) is 1.41. The number of hydrogen-bond acceptors (Lipinski definition) is 2. The van der Waals surface area contributed by atoms with Gasteiger partial charge in [0, 0.05) is 54.6 Å². The zero-order valence-corrected chi connectivity index (χ0v) is 18.2. The highest BCUT2D eigenvalue weighted by molar-refractivity contribution is 5.80. The van der Waals surface area contributed by atoms with Crippen LogP contribution in [-0.4, -0.2) is 18.3 Å². The second-order valence-electron chi connectivity index (χ2n) is 6.75. The van der Waals surface area contributed by atoms with Crippen LogP contribution in [0.1, 0.15) is 24.6 Å². The maximum absolute atomic E-state index is 9.35. The molecule has 4 heteroatoms. The SMILES string of the molecule is CCN1C(=Cc2ccc3ccccc3[n+]2CCCO)C=Cc2ccccc21.[I-]. The van der Waals surface area contributed by atoms with Crippen LogP contribution in [-0.2, 0) is 6.54 Å². The lowest BCUT2D eigenvalue weighted by Gasteiger charge is -2.29. The van der Waals surface area contributed by atoms with Crippen LogP contribution >= 0.6 is 0 Å². The quantitative estimate of drug-likeness (QED) is 0.438. The molecule has 0 radical (unpaired) electrons. The molecule has 1 aromatic heterocycles. The first-order valence-corrected chi connectivity index (χ1v) is 9.60. The standard InChI is InChI=1S/C24H25N2O.HI/c1-2-25-21(14-12-19-8-3-5-10-23(19)25)18-22-15-13-20-9-4-6-11-24(20)26(22)16-7-17-27;/h3-6,8-15,18,27H,2,7,16-17H2,1H3;1H/q+1;/p-1. The van der Waals surface area contributed by atoms with Crippen LogP contribution in [0.15, 0.2) is 72.4 Å². The molecule has 0 saturated carbocycles. The van der Waals surface area contributed by atoms with Crippen molar-refractivity contribution in [1.82, 2.24) is 0 Å². The van der Waals surface area contributed by atoms with E-state index in [0.29, 0.717) is 0 Å². The summed E-state index contributed by atoms with van der Waals surface area (Å²) >= 11 is 0. The summed E-state index contributed by atoms with van der Waals surface area (Å²) < 4.78 is 2.31. The van der Waals surface area contributed by atoms with Gasteiger partial charge in [0.05, 0.1) is 0 Å². The number of benzene rings is 2. The van der Waals surface area contributed by atoms with E-state index in [0.717, 1.165) is 25.2 Å². The number of aromatic nitrogens is 1. The number of aryl methyl sites for hydroxylation is 1. The van der Waals surface area contributed by atoms with Gasteiger partial charge < -0.3 is 34.0 Å². The Morgan fingerprint density at radius 1 is 0.964 bits per heavy atom. The average molecular weight is 484 g/mol. The number of aliphatic hydroxyl groups excluding tert-OH is 1. The molecule has 3 aromatic rings. The third-order valence-electron chi connectivity index (χ3n) is 5.10. The van der Waals surface area contributed by atoms with Crippen molar-refractivity contribution in [2.75, 3.05) is 18.1 Å². The minimum absolute atomic E-state index is 0. The summed E-state index contributed by atoms with van der Waals surface area (Å²) in [6, 6.07) is 21.3. The van der Waals surface area contributed by atoms with Crippen molar-refractivity contribution < 1.29 is 33.7 Å². The lowest BCUT2D eigenvalue weighted by Crippen LogP contribution is -3.00. The second-order valence-corrected chi connectivity index (χ2v) is 6.75. The van der Waals surface area contributed by atoms with Gasteiger partial charge in [0.2, 0.25) is 11.2 Å². The Balaban J connectivity index is 0.00000225. The van der Waals surface area contributed by atoms with E-state index in [2.05, 4.69) is 95.3 Å². The van der Waals surface area contributed by atoms with Crippen LogP contribution in [0, 0.1) is 0 Å². The van der Waals surface area contributed by atoms with Gasteiger partial charge in [0.15, 0.2) is 6.54 Å². The molecule has 1 aliphatic heterocycles. The number of halogens is 1. The molecule has 0 amide bonds. The molecule has 1 aliphatic rings. The van der Waals surface area contributed by atoms with Crippen molar-refractivity contribution in [3.05, 3.63) is 83.7 Å². The Kier molecular flexibility index (Phi) is 6.86. The highest BCUT2D eigenvalue weighted by Crippen LogP contribution is 2.31. The number of rotatable bonds is 5. The fraction of sp³-hybridized carbons (Fsp3) is 0.208. The van der Waals surface area contributed by atoms with E-state index in [1.165, 1.54) is 27.9 Å². The fourth-order valence-electron chi connectivity index (χ4n) is 3.79. The van der Waals surface area contributed by atoms with E-state index in [-0.39, 0.29) is 30.6 Å². The molecule has 0 bridgehead atoms. The van der Waals surface area contributed by atoms with Crippen LogP contribution < -0.4 is 33.4 Å². The molecule has 144 valence electrons. The van der Waals surface area contributed by atoms with Gasteiger partial charge in [0.1, 0.15) is 0 Å². The van der Waals surface area contributed by atoms with Crippen LogP contribution in [0.25, 0.3) is 23.1 Å². The van der Waals surface area contributed by atoms with Crippen molar-refractivity contribution in [3.8, 4) is 0 Å². The number of hydrogen-bond donors (Lipinski definition) is 1. The summed E-state index contributed by atoms with van der Waals surface area (Å²) in [5, 5.41) is 10.6. The molecule has 0 atom stereocenters. The van der Waals surface area contributed by atoms with Gasteiger partial charge in [-0.15, -0.1) is 0 Å². The minimum Gasteiger partial charge on any atom is -1.00 e. The molecule has 2 aromatic carbocycles. The Morgan fingerprint density at radius 3 is 2.57 bits per heavy atom. The van der Waals surface area contributed by atoms with E-state index in [4.69, 9.17) is 0 Å². The van der Waals surface area contributed by atoms with Gasteiger partial charge >= 0.3 is 0 Å². The topological polar surface area (TPSA) is 27.4 Å².